The molecule has 0 unspecified atom stereocenters. The van der Waals surface area contributed by atoms with Gasteiger partial charge in [0.1, 0.15) is 5.82 Å². The number of carbonyl (C=O) groups is 1. The number of rotatable bonds is 2. The zero-order valence-corrected chi connectivity index (χ0v) is 12.5. The molecule has 1 aromatic heterocycles. The lowest BCUT2D eigenvalue weighted by molar-refractivity contribution is 0.104. The highest BCUT2D eigenvalue weighted by molar-refractivity contribution is 6.40. The molecule has 2 nitrogen and oxygen atoms in total. The number of carbonyl (C=O) groups excluding carboxylic acids is 1. The van der Waals surface area contributed by atoms with Crippen molar-refractivity contribution in [1.82, 2.24) is 4.98 Å². The fraction of sp³-hybridized carbons (Fsp3) is 0.0625. The first-order valence-electron chi connectivity index (χ1n) is 6.24. The van der Waals surface area contributed by atoms with Crippen molar-refractivity contribution in [2.75, 3.05) is 0 Å². The van der Waals surface area contributed by atoms with E-state index >= 15 is 0 Å². The van der Waals surface area contributed by atoms with Crippen molar-refractivity contribution < 1.29 is 9.18 Å². The predicted molar refractivity (Wildman–Crippen MR) is 82.9 cm³/mol. The second-order valence-corrected chi connectivity index (χ2v) is 5.70. The normalized spacial score (nSPS) is 11.0. The minimum Gasteiger partial charge on any atom is -0.360 e. The molecule has 0 spiro atoms. The number of aromatic amines is 1. The van der Waals surface area contributed by atoms with Crippen LogP contribution in [0.2, 0.25) is 10.0 Å². The van der Waals surface area contributed by atoms with Gasteiger partial charge in [0.05, 0.1) is 5.02 Å². The van der Waals surface area contributed by atoms with Crippen LogP contribution in [0.1, 0.15) is 21.5 Å². The Morgan fingerprint density at radius 1 is 1.14 bits per heavy atom. The lowest BCUT2D eigenvalue weighted by atomic mass is 10.0. The van der Waals surface area contributed by atoms with Crippen LogP contribution in [0.25, 0.3) is 10.9 Å². The van der Waals surface area contributed by atoms with Crippen molar-refractivity contribution in [2.45, 2.75) is 6.92 Å². The Balaban J connectivity index is 2.18. The molecule has 2 aromatic carbocycles. The first-order valence-corrected chi connectivity index (χ1v) is 6.99. The SMILES string of the molecule is Cc1cc(F)cc(C(=O)c2c[nH]c3cc(Cl)cc(Cl)c23)c1. The van der Waals surface area contributed by atoms with Gasteiger partial charge in [0.25, 0.3) is 0 Å². The number of hydrogen-bond donors (Lipinski definition) is 1. The predicted octanol–water partition coefficient (Wildman–Crippen LogP) is 5.15. The summed E-state index contributed by atoms with van der Waals surface area (Å²) in [6.07, 6.45) is 1.56. The molecule has 0 fully saturated rings. The maximum Gasteiger partial charge on any atom is 0.195 e. The van der Waals surface area contributed by atoms with Crippen LogP contribution < -0.4 is 0 Å². The number of aryl methyl sites for hydroxylation is 1. The first kappa shape index (κ1) is 14.1. The Kier molecular flexibility index (Phi) is 3.47. The average molecular weight is 322 g/mol. The molecule has 0 radical (unpaired) electrons. The van der Waals surface area contributed by atoms with Crippen molar-refractivity contribution in [3.05, 3.63) is 69.1 Å². The van der Waals surface area contributed by atoms with E-state index in [1.807, 2.05) is 0 Å². The number of ketones is 1. The lowest BCUT2D eigenvalue weighted by Crippen LogP contribution is -2.02. The third kappa shape index (κ3) is 2.55. The van der Waals surface area contributed by atoms with Crippen molar-refractivity contribution >= 4 is 39.9 Å². The van der Waals surface area contributed by atoms with E-state index in [0.29, 0.717) is 37.6 Å². The van der Waals surface area contributed by atoms with Gasteiger partial charge in [-0.3, -0.25) is 4.79 Å². The molecule has 21 heavy (non-hydrogen) atoms. The van der Waals surface area contributed by atoms with Gasteiger partial charge in [0, 0.05) is 33.2 Å². The van der Waals surface area contributed by atoms with Crippen LogP contribution in [0.5, 0.6) is 0 Å². The zero-order valence-electron chi connectivity index (χ0n) is 11.0. The van der Waals surface area contributed by atoms with E-state index < -0.39 is 5.82 Å². The summed E-state index contributed by atoms with van der Waals surface area (Å²) < 4.78 is 13.5. The van der Waals surface area contributed by atoms with Crippen molar-refractivity contribution in [3.8, 4) is 0 Å². The van der Waals surface area contributed by atoms with Crippen LogP contribution in [-0.4, -0.2) is 10.8 Å². The molecule has 1 heterocycles. The molecule has 1 N–H and O–H groups in total. The van der Waals surface area contributed by atoms with Gasteiger partial charge < -0.3 is 4.98 Å². The monoisotopic (exact) mass is 321 g/mol. The van der Waals surface area contributed by atoms with Crippen LogP contribution in [0.3, 0.4) is 0 Å². The Labute approximate surface area is 130 Å². The van der Waals surface area contributed by atoms with Crippen molar-refractivity contribution in [1.29, 1.82) is 0 Å². The molecule has 0 aliphatic rings. The summed E-state index contributed by atoms with van der Waals surface area (Å²) in [6.45, 7) is 1.74. The first-order chi connectivity index (χ1) is 9.95. The number of benzene rings is 2. The average Bonchev–Trinajstić information content (AvgIpc) is 2.80. The molecule has 0 aliphatic heterocycles. The Bertz CT molecular complexity index is 850. The highest BCUT2D eigenvalue weighted by atomic mass is 35.5. The van der Waals surface area contributed by atoms with Gasteiger partial charge in [-0.2, -0.15) is 0 Å². The standard InChI is InChI=1S/C16H10Cl2FNO/c1-8-2-9(4-11(19)3-8)16(21)12-7-20-14-6-10(17)5-13(18)15(12)14/h2-7,20H,1H3. The maximum absolute atomic E-state index is 13.5. The van der Waals surface area contributed by atoms with Crippen LogP contribution >= 0.6 is 23.2 Å². The summed E-state index contributed by atoms with van der Waals surface area (Å²) in [5, 5.41) is 1.46. The molecule has 3 aromatic rings. The molecular formula is C16H10Cl2FNO. The molecule has 0 saturated heterocycles. The number of H-pyrrole nitrogens is 1. The topological polar surface area (TPSA) is 32.9 Å². The highest BCUT2D eigenvalue weighted by Crippen LogP contribution is 2.31. The van der Waals surface area contributed by atoms with Crippen molar-refractivity contribution in [2.24, 2.45) is 0 Å². The van der Waals surface area contributed by atoms with E-state index in [-0.39, 0.29) is 5.78 Å². The minimum atomic E-state index is -0.438. The van der Waals surface area contributed by atoms with Gasteiger partial charge in [0.15, 0.2) is 5.78 Å². The molecule has 0 saturated carbocycles. The van der Waals surface area contributed by atoms with Gasteiger partial charge in [-0.25, -0.2) is 4.39 Å². The summed E-state index contributed by atoms with van der Waals surface area (Å²) in [7, 11) is 0. The second kappa shape index (κ2) is 5.17. The Morgan fingerprint density at radius 2 is 1.90 bits per heavy atom. The zero-order chi connectivity index (χ0) is 15.1. The molecule has 0 atom stereocenters. The van der Waals surface area contributed by atoms with E-state index in [9.17, 15) is 9.18 Å². The summed E-state index contributed by atoms with van der Waals surface area (Å²) in [6, 6.07) is 7.51. The van der Waals surface area contributed by atoms with E-state index in [2.05, 4.69) is 4.98 Å². The van der Waals surface area contributed by atoms with Gasteiger partial charge in [-0.05, 0) is 42.8 Å². The van der Waals surface area contributed by atoms with E-state index in [0.717, 1.165) is 0 Å². The van der Waals surface area contributed by atoms with Crippen LogP contribution in [0, 0.1) is 12.7 Å². The third-order valence-electron chi connectivity index (χ3n) is 3.25. The summed E-state index contributed by atoms with van der Waals surface area (Å²) in [5.41, 5.74) is 2.05. The molecular weight excluding hydrogens is 312 g/mol. The van der Waals surface area contributed by atoms with Crippen LogP contribution in [-0.2, 0) is 0 Å². The maximum atomic E-state index is 13.5. The number of hydrogen-bond acceptors (Lipinski definition) is 1. The van der Waals surface area contributed by atoms with E-state index in [1.54, 1.807) is 31.3 Å². The fourth-order valence-corrected chi connectivity index (χ4v) is 2.98. The highest BCUT2D eigenvalue weighted by Gasteiger charge is 2.17. The van der Waals surface area contributed by atoms with Crippen LogP contribution in [0.4, 0.5) is 4.39 Å². The molecule has 0 amide bonds. The van der Waals surface area contributed by atoms with E-state index in [4.69, 9.17) is 23.2 Å². The van der Waals surface area contributed by atoms with Crippen molar-refractivity contribution in [3.63, 3.8) is 0 Å². The number of nitrogens with one attached hydrogen (secondary N) is 1. The van der Waals surface area contributed by atoms with Gasteiger partial charge in [0.2, 0.25) is 0 Å². The molecule has 0 aliphatic carbocycles. The van der Waals surface area contributed by atoms with E-state index in [1.165, 1.54) is 12.1 Å². The number of aromatic nitrogens is 1. The smallest absolute Gasteiger partial charge is 0.195 e. The fourth-order valence-electron chi connectivity index (χ4n) is 2.39. The molecule has 0 bridgehead atoms. The molecule has 5 heteroatoms. The molecule has 3 rings (SSSR count). The quantitative estimate of drug-likeness (QED) is 0.650. The van der Waals surface area contributed by atoms with Gasteiger partial charge in [-0.15, -0.1) is 0 Å². The van der Waals surface area contributed by atoms with Gasteiger partial charge >= 0.3 is 0 Å². The number of fused-ring (bicyclic) bond motifs is 1. The lowest BCUT2D eigenvalue weighted by Gasteiger charge is -2.03. The summed E-state index contributed by atoms with van der Waals surface area (Å²) >= 11 is 12.1. The minimum absolute atomic E-state index is 0.284. The number of halogens is 3. The summed E-state index contributed by atoms with van der Waals surface area (Å²) in [4.78, 5) is 15.6. The second-order valence-electron chi connectivity index (χ2n) is 4.86. The largest absolute Gasteiger partial charge is 0.360 e. The third-order valence-corrected chi connectivity index (χ3v) is 3.76. The Morgan fingerprint density at radius 3 is 2.62 bits per heavy atom. The molecule has 106 valence electrons. The van der Waals surface area contributed by atoms with Crippen LogP contribution in [0.15, 0.2) is 36.5 Å². The Hall–Kier alpha value is -1.84. The van der Waals surface area contributed by atoms with Gasteiger partial charge in [-0.1, -0.05) is 23.2 Å². The summed E-state index contributed by atoms with van der Waals surface area (Å²) in [5.74, 6) is -0.722.